The fourth-order valence-corrected chi connectivity index (χ4v) is 4.85. The van der Waals surface area contributed by atoms with Gasteiger partial charge in [0, 0.05) is 46.5 Å². The van der Waals surface area contributed by atoms with E-state index >= 15 is 0 Å². The quantitative estimate of drug-likeness (QED) is 0.694. The summed E-state index contributed by atoms with van der Waals surface area (Å²) in [6, 6.07) is 7.53. The molecule has 27 heavy (non-hydrogen) atoms. The van der Waals surface area contributed by atoms with Crippen molar-refractivity contribution in [3.63, 3.8) is 0 Å². The number of methoxy groups -OCH3 is 1. The first kappa shape index (κ1) is 17.8. The van der Waals surface area contributed by atoms with Gasteiger partial charge in [-0.05, 0) is 43.2 Å². The van der Waals surface area contributed by atoms with Crippen molar-refractivity contribution in [3.8, 4) is 0 Å². The molecule has 2 aromatic heterocycles. The minimum Gasteiger partial charge on any atom is -0.465 e. The number of aryl methyl sites for hydroxylation is 2. The molecular formula is C21H22N2O3S. The number of amides is 1. The topological polar surface area (TPSA) is 62.4 Å². The Hall–Kier alpha value is -2.60. The molecule has 0 radical (unpaired) electrons. The van der Waals surface area contributed by atoms with Gasteiger partial charge in [0.1, 0.15) is 0 Å². The maximum atomic E-state index is 13.0. The Bertz CT molecular complexity index is 1050. The van der Waals surface area contributed by atoms with Gasteiger partial charge in [0.05, 0.1) is 17.6 Å². The number of thiophene rings is 1. The Morgan fingerprint density at radius 1 is 1.30 bits per heavy atom. The summed E-state index contributed by atoms with van der Waals surface area (Å²) in [7, 11) is 1.38. The van der Waals surface area contributed by atoms with Crippen LogP contribution in [0.3, 0.4) is 0 Å². The Balaban J connectivity index is 1.66. The standard InChI is InChI=1S/C21H22N2O3S/c1-4-18-12(2)9-19(27-18)20(24)23-8-7-17-15(11-23)14-10-13(21(25)26-3)5-6-16(14)22-17/h5-6,9-10,22H,4,7-8,11H2,1-3H3. The van der Waals surface area contributed by atoms with Gasteiger partial charge < -0.3 is 14.6 Å². The molecule has 0 aliphatic carbocycles. The number of carbonyl (C=O) groups excluding carboxylic acids is 2. The third-order valence-electron chi connectivity index (χ3n) is 5.24. The number of esters is 1. The molecule has 1 amide bonds. The third kappa shape index (κ3) is 3.04. The van der Waals surface area contributed by atoms with E-state index < -0.39 is 0 Å². The van der Waals surface area contributed by atoms with Crippen LogP contribution in [0.4, 0.5) is 0 Å². The molecule has 5 nitrogen and oxygen atoms in total. The van der Waals surface area contributed by atoms with Gasteiger partial charge in [0.25, 0.3) is 5.91 Å². The minimum absolute atomic E-state index is 0.0897. The van der Waals surface area contributed by atoms with Gasteiger partial charge >= 0.3 is 5.97 Å². The predicted octanol–water partition coefficient (Wildman–Crippen LogP) is 4.09. The van der Waals surface area contributed by atoms with Crippen molar-refractivity contribution in [2.24, 2.45) is 0 Å². The first-order valence-electron chi connectivity index (χ1n) is 9.12. The number of ether oxygens (including phenoxy) is 1. The van der Waals surface area contributed by atoms with Crippen LogP contribution >= 0.6 is 11.3 Å². The number of carbonyl (C=O) groups is 2. The van der Waals surface area contributed by atoms with E-state index in [0.29, 0.717) is 18.7 Å². The average molecular weight is 382 g/mol. The van der Waals surface area contributed by atoms with Crippen molar-refractivity contribution in [1.29, 1.82) is 0 Å². The smallest absolute Gasteiger partial charge is 0.337 e. The molecule has 0 bridgehead atoms. The zero-order chi connectivity index (χ0) is 19.1. The van der Waals surface area contributed by atoms with Crippen molar-refractivity contribution in [1.82, 2.24) is 9.88 Å². The lowest BCUT2D eigenvalue weighted by Gasteiger charge is -2.27. The fraction of sp³-hybridized carbons (Fsp3) is 0.333. The normalized spacial score (nSPS) is 13.7. The Morgan fingerprint density at radius 3 is 2.81 bits per heavy atom. The zero-order valence-corrected chi connectivity index (χ0v) is 16.5. The lowest BCUT2D eigenvalue weighted by molar-refractivity contribution is 0.0600. The summed E-state index contributed by atoms with van der Waals surface area (Å²) in [6.07, 6.45) is 1.74. The number of H-pyrrole nitrogens is 1. The van der Waals surface area contributed by atoms with Gasteiger partial charge in [-0.1, -0.05) is 6.92 Å². The van der Waals surface area contributed by atoms with E-state index in [2.05, 4.69) is 18.8 Å². The van der Waals surface area contributed by atoms with Crippen LogP contribution in [-0.2, 0) is 24.1 Å². The van der Waals surface area contributed by atoms with Crippen LogP contribution < -0.4 is 0 Å². The van der Waals surface area contributed by atoms with Gasteiger partial charge in [-0.2, -0.15) is 0 Å². The van der Waals surface area contributed by atoms with Crippen LogP contribution in [0.15, 0.2) is 24.3 Å². The third-order valence-corrected chi connectivity index (χ3v) is 6.61. The van der Waals surface area contributed by atoms with E-state index in [1.165, 1.54) is 17.6 Å². The number of hydrogen-bond donors (Lipinski definition) is 1. The molecule has 0 unspecified atom stereocenters. The van der Waals surface area contributed by atoms with E-state index in [4.69, 9.17) is 4.74 Å². The SMILES string of the molecule is CCc1sc(C(=O)N2CCc3[nH]c4ccc(C(=O)OC)cc4c3C2)cc1C. The van der Waals surface area contributed by atoms with Gasteiger partial charge in [-0.15, -0.1) is 11.3 Å². The van der Waals surface area contributed by atoms with Crippen molar-refractivity contribution in [3.05, 3.63) is 56.4 Å². The molecule has 1 aliphatic heterocycles. The largest absolute Gasteiger partial charge is 0.465 e. The molecule has 0 spiro atoms. The Labute approximate surface area is 161 Å². The Kier molecular flexibility index (Phi) is 4.52. The fourth-order valence-electron chi connectivity index (χ4n) is 3.76. The number of aromatic amines is 1. The Morgan fingerprint density at radius 2 is 2.11 bits per heavy atom. The summed E-state index contributed by atoms with van der Waals surface area (Å²) in [5, 5.41) is 0.988. The number of rotatable bonds is 3. The monoisotopic (exact) mass is 382 g/mol. The second kappa shape index (κ2) is 6.85. The van der Waals surface area contributed by atoms with Gasteiger partial charge in [0.15, 0.2) is 0 Å². The molecular weight excluding hydrogens is 360 g/mol. The van der Waals surface area contributed by atoms with Gasteiger partial charge in [0.2, 0.25) is 0 Å². The lowest BCUT2D eigenvalue weighted by atomic mass is 10.0. The average Bonchev–Trinajstić information content (AvgIpc) is 3.25. The summed E-state index contributed by atoms with van der Waals surface area (Å²) in [6.45, 7) is 5.43. The highest BCUT2D eigenvalue weighted by atomic mass is 32.1. The molecule has 1 N–H and O–H groups in total. The summed E-state index contributed by atoms with van der Waals surface area (Å²) in [5.41, 5.74) is 4.95. The van der Waals surface area contributed by atoms with Crippen LogP contribution in [0.2, 0.25) is 0 Å². The molecule has 0 fully saturated rings. The number of hydrogen-bond acceptors (Lipinski definition) is 4. The van der Waals surface area contributed by atoms with Crippen LogP contribution in [0.1, 0.15) is 48.7 Å². The van der Waals surface area contributed by atoms with Crippen LogP contribution in [0.25, 0.3) is 10.9 Å². The molecule has 140 valence electrons. The van der Waals surface area contributed by atoms with Crippen LogP contribution in [-0.4, -0.2) is 35.4 Å². The summed E-state index contributed by atoms with van der Waals surface area (Å²) >= 11 is 1.60. The van der Waals surface area contributed by atoms with E-state index in [0.717, 1.165) is 39.9 Å². The molecule has 0 saturated heterocycles. The predicted molar refractivity (Wildman–Crippen MR) is 107 cm³/mol. The lowest BCUT2D eigenvalue weighted by Crippen LogP contribution is -2.35. The molecule has 3 heterocycles. The van der Waals surface area contributed by atoms with Gasteiger partial charge in [-0.3, -0.25) is 4.79 Å². The number of nitrogens with one attached hydrogen (secondary N) is 1. The van der Waals surface area contributed by atoms with E-state index in [1.54, 1.807) is 17.4 Å². The van der Waals surface area contributed by atoms with E-state index in [-0.39, 0.29) is 11.9 Å². The van der Waals surface area contributed by atoms with Crippen molar-refractivity contribution >= 4 is 34.1 Å². The maximum absolute atomic E-state index is 13.0. The number of fused-ring (bicyclic) bond motifs is 3. The minimum atomic E-state index is -0.350. The van der Waals surface area contributed by atoms with Crippen molar-refractivity contribution < 1.29 is 14.3 Å². The number of nitrogens with zero attached hydrogens (tertiary/aromatic N) is 1. The second-order valence-electron chi connectivity index (χ2n) is 6.88. The molecule has 6 heteroatoms. The zero-order valence-electron chi connectivity index (χ0n) is 15.7. The molecule has 0 saturated carbocycles. The van der Waals surface area contributed by atoms with E-state index in [1.807, 2.05) is 23.1 Å². The van der Waals surface area contributed by atoms with E-state index in [9.17, 15) is 9.59 Å². The first-order chi connectivity index (χ1) is 13.0. The van der Waals surface area contributed by atoms with Crippen molar-refractivity contribution in [2.45, 2.75) is 33.2 Å². The van der Waals surface area contributed by atoms with Crippen molar-refractivity contribution in [2.75, 3.05) is 13.7 Å². The highest BCUT2D eigenvalue weighted by Gasteiger charge is 2.26. The summed E-state index contributed by atoms with van der Waals surface area (Å²) < 4.78 is 4.83. The number of benzene rings is 1. The van der Waals surface area contributed by atoms with Gasteiger partial charge in [-0.25, -0.2) is 4.79 Å². The number of aromatic nitrogens is 1. The molecule has 3 aromatic rings. The maximum Gasteiger partial charge on any atom is 0.337 e. The highest BCUT2D eigenvalue weighted by Crippen LogP contribution is 2.31. The molecule has 0 atom stereocenters. The first-order valence-corrected chi connectivity index (χ1v) is 9.93. The molecule has 1 aliphatic rings. The second-order valence-corrected chi connectivity index (χ2v) is 8.02. The summed E-state index contributed by atoms with van der Waals surface area (Å²) in [4.78, 5) is 32.3. The molecule has 4 rings (SSSR count). The van der Waals surface area contributed by atoms with Crippen LogP contribution in [0, 0.1) is 6.92 Å². The molecule has 1 aromatic carbocycles. The highest BCUT2D eigenvalue weighted by molar-refractivity contribution is 7.14. The van der Waals surface area contributed by atoms with Crippen LogP contribution in [0.5, 0.6) is 0 Å². The summed E-state index contributed by atoms with van der Waals surface area (Å²) in [5.74, 6) is -0.260.